The number of hydrogen-bond donors (Lipinski definition) is 3. The Morgan fingerprint density at radius 2 is 0.873 bits per heavy atom. The topological polar surface area (TPSA) is 159 Å². The van der Waals surface area contributed by atoms with Crippen molar-refractivity contribution < 1.29 is 28.8 Å². The summed E-state index contributed by atoms with van der Waals surface area (Å²) in [5.41, 5.74) is 12.3. The van der Waals surface area contributed by atoms with Crippen molar-refractivity contribution in [3.05, 3.63) is 184 Å². The third-order valence-electron chi connectivity index (χ3n) is 9.57. The molecule has 2 aliphatic heterocycles. The third-order valence-corrected chi connectivity index (χ3v) is 9.57. The Kier molecular flexibility index (Phi) is 8.59. The Balaban J connectivity index is 0.918. The number of benzene rings is 6. The van der Waals surface area contributed by atoms with Gasteiger partial charge in [0.25, 0.3) is 35.4 Å². The van der Waals surface area contributed by atoms with Crippen LogP contribution in [0.15, 0.2) is 133 Å². The Hall–Kier alpha value is -7.66. The van der Waals surface area contributed by atoms with Crippen molar-refractivity contribution in [1.82, 2.24) is 0 Å². The second-order valence-corrected chi connectivity index (χ2v) is 13.3. The summed E-state index contributed by atoms with van der Waals surface area (Å²) in [4.78, 5) is 81.4. The van der Waals surface area contributed by atoms with Crippen LogP contribution in [0.1, 0.15) is 78.8 Å². The molecule has 0 radical (unpaired) electrons. The van der Waals surface area contributed by atoms with Crippen molar-refractivity contribution in [2.45, 2.75) is 13.3 Å². The Morgan fingerprint density at radius 3 is 1.29 bits per heavy atom. The summed E-state index contributed by atoms with van der Waals surface area (Å²) in [6.07, 6.45) is 0.497. The van der Waals surface area contributed by atoms with E-state index in [2.05, 4.69) is 10.6 Å². The fourth-order valence-electron chi connectivity index (χ4n) is 6.60. The van der Waals surface area contributed by atoms with Gasteiger partial charge in [0.05, 0.1) is 33.6 Å². The largest absolute Gasteiger partial charge is 0.399 e. The minimum absolute atomic E-state index is 0.140. The van der Waals surface area contributed by atoms with Crippen molar-refractivity contribution in [1.29, 1.82) is 0 Å². The van der Waals surface area contributed by atoms with E-state index in [-0.39, 0.29) is 33.4 Å². The van der Waals surface area contributed by atoms with Crippen molar-refractivity contribution in [3.8, 4) is 0 Å². The molecule has 6 aromatic carbocycles. The number of nitrogen functional groups attached to an aromatic ring is 1. The molecule has 11 nitrogen and oxygen atoms in total. The predicted octanol–water partition coefficient (Wildman–Crippen LogP) is 7.27. The van der Waals surface area contributed by atoms with Crippen LogP contribution in [0.5, 0.6) is 0 Å². The molecule has 8 rings (SSSR count). The van der Waals surface area contributed by atoms with E-state index in [0.717, 1.165) is 26.5 Å². The van der Waals surface area contributed by atoms with Crippen LogP contribution in [0.4, 0.5) is 28.4 Å². The lowest BCUT2D eigenvalue weighted by molar-refractivity contribution is 0.0910. The van der Waals surface area contributed by atoms with E-state index in [4.69, 9.17) is 5.73 Å². The molecule has 0 fully saturated rings. The second kappa shape index (κ2) is 13.7. The van der Waals surface area contributed by atoms with Gasteiger partial charge in [0.2, 0.25) is 0 Å². The maximum absolute atomic E-state index is 13.4. The van der Waals surface area contributed by atoms with Crippen LogP contribution in [0, 0.1) is 6.92 Å². The number of fused-ring (bicyclic) bond motifs is 2. The standard InChI is InChI=1S/C44H31N5O6/c1-25-2-12-31(13-3-25)46-39(50)28-8-20-35-37(23-28)43(54)48(41(35)52)33-16-4-26(5-17-33)22-27-6-18-34(19-7-27)49-42(53)36-21-9-29(24-38(36)44(49)55)40(51)47-32-14-10-30(45)11-15-32/h2-21,23-24H,22,45H2,1H3,(H,46,50)(H,47,51). The summed E-state index contributed by atoms with van der Waals surface area (Å²) < 4.78 is 0. The van der Waals surface area contributed by atoms with Crippen LogP contribution in [0.25, 0.3) is 0 Å². The predicted molar refractivity (Wildman–Crippen MR) is 209 cm³/mol. The van der Waals surface area contributed by atoms with Crippen LogP contribution in [0.3, 0.4) is 0 Å². The van der Waals surface area contributed by atoms with Gasteiger partial charge in [-0.15, -0.1) is 0 Å². The molecule has 0 saturated carbocycles. The molecule has 0 spiro atoms. The smallest absolute Gasteiger partial charge is 0.266 e. The first-order valence-electron chi connectivity index (χ1n) is 17.3. The number of carbonyl (C=O) groups excluding carboxylic acids is 6. The molecule has 2 heterocycles. The highest BCUT2D eigenvalue weighted by Gasteiger charge is 2.38. The highest BCUT2D eigenvalue weighted by Crippen LogP contribution is 2.32. The van der Waals surface area contributed by atoms with E-state index < -0.39 is 35.4 Å². The van der Waals surface area contributed by atoms with Crippen LogP contribution < -0.4 is 26.2 Å². The van der Waals surface area contributed by atoms with Gasteiger partial charge in [-0.25, -0.2) is 9.80 Å². The van der Waals surface area contributed by atoms with Crippen LogP contribution in [-0.2, 0) is 6.42 Å². The van der Waals surface area contributed by atoms with Crippen molar-refractivity contribution in [2.75, 3.05) is 26.2 Å². The highest BCUT2D eigenvalue weighted by atomic mass is 16.2. The van der Waals surface area contributed by atoms with Gasteiger partial charge >= 0.3 is 0 Å². The van der Waals surface area contributed by atoms with Crippen LogP contribution in [0.2, 0.25) is 0 Å². The van der Waals surface area contributed by atoms with Gasteiger partial charge in [0.1, 0.15) is 0 Å². The third kappa shape index (κ3) is 6.51. The number of nitrogens with zero attached hydrogens (tertiary/aromatic N) is 2. The molecule has 0 bridgehead atoms. The number of anilines is 5. The molecule has 0 aromatic heterocycles. The summed E-state index contributed by atoms with van der Waals surface area (Å²) in [6, 6.07) is 36.9. The first-order chi connectivity index (χ1) is 26.5. The lowest BCUT2D eigenvalue weighted by atomic mass is 10.0. The number of hydrogen-bond acceptors (Lipinski definition) is 7. The first kappa shape index (κ1) is 34.4. The molecule has 0 saturated heterocycles. The van der Waals surface area contributed by atoms with E-state index in [9.17, 15) is 28.8 Å². The maximum Gasteiger partial charge on any atom is 0.266 e. The zero-order valence-corrected chi connectivity index (χ0v) is 29.3. The average molecular weight is 726 g/mol. The molecular weight excluding hydrogens is 695 g/mol. The number of nitrogens with two attached hydrogens (primary N) is 1. The van der Waals surface area contributed by atoms with E-state index in [1.807, 2.05) is 43.3 Å². The summed E-state index contributed by atoms with van der Waals surface area (Å²) >= 11 is 0. The van der Waals surface area contributed by atoms with Gasteiger partial charge in [-0.2, -0.15) is 0 Å². The maximum atomic E-state index is 13.4. The van der Waals surface area contributed by atoms with Crippen LogP contribution in [-0.4, -0.2) is 35.4 Å². The molecule has 0 aliphatic carbocycles. The molecule has 268 valence electrons. The molecule has 2 aliphatic rings. The Bertz CT molecular complexity index is 2400. The Labute approximate surface area is 315 Å². The minimum atomic E-state index is -0.527. The number of rotatable bonds is 8. The van der Waals surface area contributed by atoms with E-state index in [1.54, 1.807) is 60.7 Å². The monoisotopic (exact) mass is 725 g/mol. The van der Waals surface area contributed by atoms with Crippen molar-refractivity contribution >= 4 is 63.9 Å². The summed E-state index contributed by atoms with van der Waals surface area (Å²) in [5, 5.41) is 5.57. The van der Waals surface area contributed by atoms with E-state index in [0.29, 0.717) is 34.9 Å². The lowest BCUT2D eigenvalue weighted by Crippen LogP contribution is -2.29. The molecule has 4 N–H and O–H groups in total. The number of nitrogens with one attached hydrogen (secondary N) is 2. The highest BCUT2D eigenvalue weighted by molar-refractivity contribution is 6.35. The average Bonchev–Trinajstić information content (AvgIpc) is 3.60. The zero-order chi connectivity index (χ0) is 38.4. The fourth-order valence-corrected chi connectivity index (χ4v) is 6.60. The normalized spacial score (nSPS) is 13.2. The SMILES string of the molecule is Cc1ccc(NC(=O)c2ccc3c(c2)C(=O)N(c2ccc(Cc4ccc(N5C(=O)c6ccc(C(=O)Nc7ccc(N)cc7)cc6C5=O)cc4)cc2)C3=O)cc1. The molecule has 55 heavy (non-hydrogen) atoms. The lowest BCUT2D eigenvalue weighted by Gasteiger charge is -2.15. The zero-order valence-electron chi connectivity index (χ0n) is 29.3. The molecule has 11 heteroatoms. The number of amides is 6. The van der Waals surface area contributed by atoms with Crippen LogP contribution >= 0.6 is 0 Å². The van der Waals surface area contributed by atoms with Crippen molar-refractivity contribution in [2.24, 2.45) is 0 Å². The van der Waals surface area contributed by atoms with E-state index >= 15 is 0 Å². The first-order valence-corrected chi connectivity index (χ1v) is 17.3. The van der Waals surface area contributed by atoms with Crippen molar-refractivity contribution in [3.63, 3.8) is 0 Å². The van der Waals surface area contributed by atoms with Gasteiger partial charge in [-0.05, 0) is 122 Å². The molecule has 6 aromatic rings. The summed E-state index contributed by atoms with van der Waals surface area (Å²) in [5.74, 6) is -2.82. The second-order valence-electron chi connectivity index (χ2n) is 13.3. The van der Waals surface area contributed by atoms with Gasteiger partial charge in [-0.1, -0.05) is 42.0 Å². The van der Waals surface area contributed by atoms with E-state index in [1.165, 1.54) is 36.4 Å². The molecular formula is C44H31N5O6. The fraction of sp³-hybridized carbons (Fsp3) is 0.0455. The number of aryl methyl sites for hydroxylation is 1. The molecule has 0 atom stereocenters. The number of imide groups is 2. The van der Waals surface area contributed by atoms with Gasteiger partial charge in [0.15, 0.2) is 0 Å². The van der Waals surface area contributed by atoms with Gasteiger partial charge in [0, 0.05) is 28.2 Å². The minimum Gasteiger partial charge on any atom is -0.399 e. The molecule has 0 unspecified atom stereocenters. The summed E-state index contributed by atoms with van der Waals surface area (Å²) in [6.45, 7) is 1.95. The molecule has 6 amide bonds. The summed E-state index contributed by atoms with van der Waals surface area (Å²) in [7, 11) is 0. The van der Waals surface area contributed by atoms with Gasteiger partial charge in [-0.3, -0.25) is 28.8 Å². The number of carbonyl (C=O) groups is 6. The quantitative estimate of drug-likeness (QED) is 0.110. The van der Waals surface area contributed by atoms with Gasteiger partial charge < -0.3 is 16.4 Å². The Morgan fingerprint density at radius 1 is 0.491 bits per heavy atom.